The van der Waals surface area contributed by atoms with E-state index >= 15 is 0 Å². The molecule has 1 aromatic rings. The van der Waals surface area contributed by atoms with Crippen molar-refractivity contribution in [3.63, 3.8) is 0 Å². The molecule has 0 saturated heterocycles. The van der Waals surface area contributed by atoms with E-state index in [0.29, 0.717) is 0 Å². The highest BCUT2D eigenvalue weighted by molar-refractivity contribution is 5.33. The van der Waals surface area contributed by atoms with Crippen LogP contribution in [0.5, 0.6) is 0 Å². The number of nitrogens with zero attached hydrogens (tertiary/aromatic N) is 1. The van der Waals surface area contributed by atoms with E-state index < -0.39 is 0 Å². The first-order valence-corrected chi connectivity index (χ1v) is 6.65. The molecule has 0 fully saturated rings. The highest BCUT2D eigenvalue weighted by Gasteiger charge is 2.15. The molecule has 0 amide bonds. The number of rotatable bonds is 5. The Labute approximate surface area is 105 Å². The normalized spacial score (nSPS) is 15.9. The molecule has 1 aliphatic rings. The van der Waals surface area contributed by atoms with Gasteiger partial charge in [0.15, 0.2) is 0 Å². The Bertz CT molecular complexity index is 362. The fourth-order valence-electron chi connectivity index (χ4n) is 2.51. The molecule has 0 saturated carbocycles. The molecule has 0 spiro atoms. The van der Waals surface area contributed by atoms with Crippen molar-refractivity contribution in [1.82, 2.24) is 4.90 Å². The van der Waals surface area contributed by atoms with Gasteiger partial charge in [-0.3, -0.25) is 4.90 Å². The molecule has 2 rings (SSSR count). The van der Waals surface area contributed by atoms with Gasteiger partial charge in [0.1, 0.15) is 0 Å². The van der Waals surface area contributed by atoms with E-state index in [9.17, 15) is 0 Å². The zero-order valence-corrected chi connectivity index (χ0v) is 11.0. The third kappa shape index (κ3) is 3.30. The van der Waals surface area contributed by atoms with Gasteiger partial charge in [0.25, 0.3) is 0 Å². The van der Waals surface area contributed by atoms with Gasteiger partial charge in [-0.15, -0.1) is 0 Å². The second-order valence-corrected chi connectivity index (χ2v) is 4.83. The van der Waals surface area contributed by atoms with Gasteiger partial charge in [0, 0.05) is 33.4 Å². The van der Waals surface area contributed by atoms with Gasteiger partial charge in [-0.2, -0.15) is 0 Å². The Kier molecular flexibility index (Phi) is 4.57. The summed E-state index contributed by atoms with van der Waals surface area (Å²) in [5, 5.41) is 0. The molecule has 0 atom stereocenters. The first-order valence-electron chi connectivity index (χ1n) is 6.65. The number of fused-ring (bicyclic) bond motifs is 1. The van der Waals surface area contributed by atoms with E-state index in [-0.39, 0.29) is 0 Å². The Morgan fingerprint density at radius 3 is 2.94 bits per heavy atom. The molecule has 0 aliphatic carbocycles. The summed E-state index contributed by atoms with van der Waals surface area (Å²) in [6, 6.07) is 6.98. The van der Waals surface area contributed by atoms with Crippen molar-refractivity contribution in [2.24, 2.45) is 0 Å². The summed E-state index contributed by atoms with van der Waals surface area (Å²) < 4.78 is 5.11. The van der Waals surface area contributed by atoms with E-state index in [0.717, 1.165) is 32.5 Å². The summed E-state index contributed by atoms with van der Waals surface area (Å²) in [6.45, 7) is 6.56. The van der Waals surface area contributed by atoms with Gasteiger partial charge in [-0.25, -0.2) is 0 Å². The van der Waals surface area contributed by atoms with Crippen LogP contribution in [0.15, 0.2) is 18.2 Å². The molecular formula is C15H23NO. The van der Waals surface area contributed by atoms with E-state index in [4.69, 9.17) is 4.74 Å². The zero-order chi connectivity index (χ0) is 12.1. The third-order valence-electron chi connectivity index (χ3n) is 3.59. The van der Waals surface area contributed by atoms with Gasteiger partial charge in [0.2, 0.25) is 0 Å². The monoisotopic (exact) mass is 233 g/mol. The molecule has 94 valence electrons. The molecule has 1 heterocycles. The SMILES string of the molecule is CCc1ccc2c(c1)CCN(CCCOC)C2. The minimum Gasteiger partial charge on any atom is -0.385 e. The minimum absolute atomic E-state index is 0.873. The van der Waals surface area contributed by atoms with Gasteiger partial charge >= 0.3 is 0 Å². The maximum Gasteiger partial charge on any atom is 0.0474 e. The molecule has 0 N–H and O–H groups in total. The number of methoxy groups -OCH3 is 1. The van der Waals surface area contributed by atoms with Crippen molar-refractivity contribution in [3.8, 4) is 0 Å². The largest absolute Gasteiger partial charge is 0.385 e. The second-order valence-electron chi connectivity index (χ2n) is 4.83. The van der Waals surface area contributed by atoms with Gasteiger partial charge < -0.3 is 4.74 Å². The van der Waals surface area contributed by atoms with Crippen LogP contribution in [-0.2, 0) is 24.1 Å². The van der Waals surface area contributed by atoms with Crippen LogP contribution in [0.1, 0.15) is 30.0 Å². The molecular weight excluding hydrogens is 210 g/mol. The summed E-state index contributed by atoms with van der Waals surface area (Å²) in [6.07, 6.45) is 3.49. The van der Waals surface area contributed by atoms with Gasteiger partial charge in [-0.1, -0.05) is 25.1 Å². The number of aryl methyl sites for hydroxylation is 1. The molecule has 0 bridgehead atoms. The highest BCUT2D eigenvalue weighted by atomic mass is 16.5. The van der Waals surface area contributed by atoms with E-state index in [1.807, 2.05) is 0 Å². The third-order valence-corrected chi connectivity index (χ3v) is 3.59. The van der Waals surface area contributed by atoms with Crippen molar-refractivity contribution >= 4 is 0 Å². The molecule has 1 aliphatic heterocycles. The van der Waals surface area contributed by atoms with Crippen LogP contribution in [0.4, 0.5) is 0 Å². The Morgan fingerprint density at radius 2 is 2.18 bits per heavy atom. The van der Waals surface area contributed by atoms with Crippen LogP contribution in [0.3, 0.4) is 0 Å². The lowest BCUT2D eigenvalue weighted by Gasteiger charge is -2.29. The maximum atomic E-state index is 5.11. The van der Waals surface area contributed by atoms with Gasteiger partial charge in [-0.05, 0) is 36.0 Å². The Morgan fingerprint density at radius 1 is 1.29 bits per heavy atom. The summed E-state index contributed by atoms with van der Waals surface area (Å²) >= 11 is 0. The predicted octanol–water partition coefficient (Wildman–Crippen LogP) is 2.64. The van der Waals surface area contributed by atoms with Crippen molar-refractivity contribution in [1.29, 1.82) is 0 Å². The lowest BCUT2D eigenvalue weighted by Crippen LogP contribution is -2.31. The van der Waals surface area contributed by atoms with Crippen molar-refractivity contribution < 1.29 is 4.74 Å². The summed E-state index contributed by atoms with van der Waals surface area (Å²) in [7, 11) is 1.78. The standard InChI is InChI=1S/C15H23NO/c1-3-13-5-6-15-12-16(8-4-10-17-2)9-7-14(15)11-13/h5-6,11H,3-4,7-10,12H2,1-2H3. The average Bonchev–Trinajstić information content (AvgIpc) is 2.38. The molecule has 0 unspecified atom stereocenters. The molecule has 17 heavy (non-hydrogen) atoms. The quantitative estimate of drug-likeness (QED) is 0.725. The maximum absolute atomic E-state index is 5.11. The van der Waals surface area contributed by atoms with Gasteiger partial charge in [0.05, 0.1) is 0 Å². The summed E-state index contributed by atoms with van der Waals surface area (Å²) in [4.78, 5) is 2.53. The van der Waals surface area contributed by atoms with Crippen LogP contribution in [0.25, 0.3) is 0 Å². The average molecular weight is 233 g/mol. The molecule has 1 aromatic carbocycles. The van der Waals surface area contributed by atoms with Crippen LogP contribution >= 0.6 is 0 Å². The lowest BCUT2D eigenvalue weighted by molar-refractivity contribution is 0.167. The molecule has 2 nitrogen and oxygen atoms in total. The number of ether oxygens (including phenoxy) is 1. The zero-order valence-electron chi connectivity index (χ0n) is 11.0. The van der Waals surface area contributed by atoms with Crippen molar-refractivity contribution in [3.05, 3.63) is 34.9 Å². The predicted molar refractivity (Wildman–Crippen MR) is 71.3 cm³/mol. The van der Waals surface area contributed by atoms with E-state index in [2.05, 4.69) is 30.0 Å². The van der Waals surface area contributed by atoms with Crippen molar-refractivity contribution in [2.75, 3.05) is 26.8 Å². The first-order chi connectivity index (χ1) is 8.33. The fraction of sp³-hybridized carbons (Fsp3) is 0.600. The van der Waals surface area contributed by atoms with E-state index in [1.165, 1.54) is 24.1 Å². The van der Waals surface area contributed by atoms with Crippen LogP contribution in [0, 0.1) is 0 Å². The summed E-state index contributed by atoms with van der Waals surface area (Å²) in [5.74, 6) is 0. The topological polar surface area (TPSA) is 12.5 Å². The molecule has 2 heteroatoms. The van der Waals surface area contributed by atoms with Crippen LogP contribution in [0.2, 0.25) is 0 Å². The highest BCUT2D eigenvalue weighted by Crippen LogP contribution is 2.20. The minimum atomic E-state index is 0.873. The van der Waals surface area contributed by atoms with Crippen molar-refractivity contribution in [2.45, 2.75) is 32.7 Å². The summed E-state index contributed by atoms with van der Waals surface area (Å²) in [5.41, 5.74) is 4.55. The van der Waals surface area contributed by atoms with Crippen LogP contribution < -0.4 is 0 Å². The number of hydrogen-bond acceptors (Lipinski definition) is 2. The van der Waals surface area contributed by atoms with E-state index in [1.54, 1.807) is 12.7 Å². The first kappa shape index (κ1) is 12.6. The smallest absolute Gasteiger partial charge is 0.0474 e. The Hall–Kier alpha value is -0.860. The second kappa shape index (κ2) is 6.18. The fourth-order valence-corrected chi connectivity index (χ4v) is 2.51. The number of hydrogen-bond donors (Lipinski definition) is 0. The number of benzene rings is 1. The van der Waals surface area contributed by atoms with Crippen LogP contribution in [-0.4, -0.2) is 31.7 Å². The molecule has 0 aromatic heterocycles. The Balaban J connectivity index is 1.94. The lowest BCUT2D eigenvalue weighted by atomic mass is 9.96. The molecule has 0 radical (unpaired) electrons.